The molecule has 0 radical (unpaired) electrons. The molecule has 0 aliphatic rings. The fraction of sp³-hybridized carbons (Fsp3) is 0.417. The SMILES string of the molecule is CC(=O)C(=O)O.N[C@@H](CCC(=O)O)C(=O)O.O=C(O)CC(=O)C(=O)O. The summed E-state index contributed by atoms with van der Waals surface area (Å²) in [7, 11) is 0. The number of hydrogen-bond donors (Lipinski definition) is 6. The fourth-order valence-electron chi connectivity index (χ4n) is 0.615. The Hall–Kier alpha value is -3.35. The Morgan fingerprint density at radius 1 is 0.800 bits per heavy atom. The Morgan fingerprint density at radius 2 is 1.20 bits per heavy atom. The van der Waals surface area contributed by atoms with Crippen molar-refractivity contribution >= 4 is 41.4 Å². The molecule has 1 atom stereocenters. The number of carbonyl (C=O) groups excluding carboxylic acids is 2. The van der Waals surface area contributed by atoms with E-state index in [1.54, 1.807) is 0 Å². The summed E-state index contributed by atoms with van der Waals surface area (Å²) in [6.07, 6.45) is -1.17. The van der Waals surface area contributed by atoms with E-state index in [9.17, 15) is 33.6 Å². The quantitative estimate of drug-likeness (QED) is 0.201. The van der Waals surface area contributed by atoms with E-state index in [1.807, 2.05) is 0 Å². The number of carboxylic acids is 5. The van der Waals surface area contributed by atoms with Gasteiger partial charge in [-0.1, -0.05) is 0 Å². The number of nitrogens with two attached hydrogens (primary N) is 1. The summed E-state index contributed by atoms with van der Waals surface area (Å²) in [4.78, 5) is 68.0. The molecule has 0 rings (SSSR count). The first-order valence-corrected chi connectivity index (χ1v) is 6.14. The van der Waals surface area contributed by atoms with Gasteiger partial charge in [-0.15, -0.1) is 0 Å². The van der Waals surface area contributed by atoms with Crippen LogP contribution in [0.1, 0.15) is 26.2 Å². The number of hydrogen-bond acceptors (Lipinski definition) is 8. The Labute approximate surface area is 139 Å². The number of Topliss-reactive ketones (excluding diaryl/α,β-unsaturated/α-hetero) is 2. The first-order valence-electron chi connectivity index (χ1n) is 6.14. The molecule has 0 aliphatic carbocycles. The highest BCUT2D eigenvalue weighted by Gasteiger charge is 2.14. The van der Waals surface area contributed by atoms with Crippen molar-refractivity contribution in [1.82, 2.24) is 0 Å². The molecule has 0 unspecified atom stereocenters. The topological polar surface area (TPSA) is 247 Å². The van der Waals surface area contributed by atoms with Gasteiger partial charge in [0, 0.05) is 13.3 Å². The second-order valence-electron chi connectivity index (χ2n) is 4.04. The van der Waals surface area contributed by atoms with Crippen molar-refractivity contribution in [3.05, 3.63) is 0 Å². The summed E-state index contributed by atoms with van der Waals surface area (Å²) in [5.41, 5.74) is 5.00. The molecule has 0 aromatic heterocycles. The van der Waals surface area contributed by atoms with Crippen molar-refractivity contribution in [3.63, 3.8) is 0 Å². The first kappa shape index (κ1) is 26.5. The van der Waals surface area contributed by atoms with Crippen molar-refractivity contribution < 1.29 is 59.1 Å². The van der Waals surface area contributed by atoms with Crippen LogP contribution >= 0.6 is 0 Å². The Morgan fingerprint density at radius 3 is 1.36 bits per heavy atom. The summed E-state index contributed by atoms with van der Waals surface area (Å²) in [6.45, 7) is 1.00. The van der Waals surface area contributed by atoms with Gasteiger partial charge in [0.1, 0.15) is 12.5 Å². The number of rotatable bonds is 8. The molecule has 0 amide bonds. The molecule has 0 fully saturated rings. The van der Waals surface area contributed by atoms with Crippen LogP contribution < -0.4 is 5.73 Å². The maximum Gasteiger partial charge on any atom is 0.372 e. The molecule has 0 bridgehead atoms. The van der Waals surface area contributed by atoms with Crippen molar-refractivity contribution in [2.24, 2.45) is 5.73 Å². The van der Waals surface area contributed by atoms with Gasteiger partial charge in [0.25, 0.3) is 5.78 Å². The third-order valence-electron chi connectivity index (χ3n) is 1.84. The second kappa shape index (κ2) is 14.3. The van der Waals surface area contributed by atoms with Gasteiger partial charge in [0.05, 0.1) is 0 Å². The minimum Gasteiger partial charge on any atom is -0.481 e. The predicted molar refractivity (Wildman–Crippen MR) is 75.7 cm³/mol. The summed E-state index contributed by atoms with van der Waals surface area (Å²) in [5.74, 6) is -8.84. The van der Waals surface area contributed by atoms with E-state index in [0.29, 0.717) is 0 Å². The van der Waals surface area contributed by atoms with Gasteiger partial charge in [0.15, 0.2) is 0 Å². The zero-order valence-electron chi connectivity index (χ0n) is 12.9. The second-order valence-corrected chi connectivity index (χ2v) is 4.04. The lowest BCUT2D eigenvalue weighted by atomic mass is 10.2. The van der Waals surface area contributed by atoms with E-state index in [2.05, 4.69) is 0 Å². The third kappa shape index (κ3) is 23.1. The van der Waals surface area contributed by atoms with Crippen LogP contribution in [-0.4, -0.2) is 73.0 Å². The summed E-state index contributed by atoms with van der Waals surface area (Å²) < 4.78 is 0. The van der Waals surface area contributed by atoms with E-state index in [1.165, 1.54) is 0 Å². The Bertz CT molecular complexity index is 526. The van der Waals surface area contributed by atoms with Crippen molar-refractivity contribution in [1.29, 1.82) is 0 Å². The van der Waals surface area contributed by atoms with Gasteiger partial charge in [-0.25, -0.2) is 9.59 Å². The fourth-order valence-corrected chi connectivity index (χ4v) is 0.615. The Balaban J connectivity index is -0.000000300. The van der Waals surface area contributed by atoms with Crippen LogP contribution in [0.5, 0.6) is 0 Å². The predicted octanol–water partition coefficient (Wildman–Crippen LogP) is -1.96. The highest BCUT2D eigenvalue weighted by Crippen LogP contribution is 1.93. The van der Waals surface area contributed by atoms with Gasteiger partial charge < -0.3 is 31.3 Å². The molecule has 7 N–H and O–H groups in total. The molecule has 0 saturated heterocycles. The monoisotopic (exact) mass is 367 g/mol. The average Bonchev–Trinajstić information content (AvgIpc) is 2.44. The lowest BCUT2D eigenvalue weighted by molar-refractivity contribution is -0.152. The Kier molecular flexibility index (Phi) is 15.1. The summed E-state index contributed by atoms with van der Waals surface area (Å²) in [6, 6.07) is -1.06. The zero-order chi connectivity index (χ0) is 20.7. The normalized spacial score (nSPS) is 9.84. The third-order valence-corrected chi connectivity index (χ3v) is 1.84. The van der Waals surface area contributed by atoms with Gasteiger partial charge in [0.2, 0.25) is 5.78 Å². The van der Waals surface area contributed by atoms with Crippen LogP contribution in [0.2, 0.25) is 0 Å². The van der Waals surface area contributed by atoms with Crippen LogP contribution in [0.15, 0.2) is 0 Å². The molecule has 0 spiro atoms. The maximum atomic E-state index is 9.99. The van der Waals surface area contributed by atoms with Gasteiger partial charge in [-0.3, -0.25) is 24.0 Å². The largest absolute Gasteiger partial charge is 0.481 e. The van der Waals surface area contributed by atoms with E-state index in [-0.39, 0.29) is 12.8 Å². The minimum atomic E-state index is -1.71. The number of ketones is 2. The molecule has 13 nitrogen and oxygen atoms in total. The summed E-state index contributed by atoms with van der Waals surface area (Å²) in [5, 5.41) is 39.6. The maximum absolute atomic E-state index is 9.99. The molecule has 0 heterocycles. The van der Waals surface area contributed by atoms with Crippen molar-refractivity contribution in [2.75, 3.05) is 0 Å². The minimum absolute atomic E-state index is 0.0231. The lowest BCUT2D eigenvalue weighted by Crippen LogP contribution is -2.30. The molecule has 13 heteroatoms. The molecule has 0 aliphatic heterocycles. The zero-order valence-corrected chi connectivity index (χ0v) is 12.9. The highest BCUT2D eigenvalue weighted by atomic mass is 16.4. The lowest BCUT2D eigenvalue weighted by Gasteiger charge is -2.01. The van der Waals surface area contributed by atoms with Crippen LogP contribution in [0.25, 0.3) is 0 Å². The molecular formula is C12H17NO12. The van der Waals surface area contributed by atoms with Gasteiger partial charge >= 0.3 is 29.8 Å². The molecule has 142 valence electrons. The number of carbonyl (C=O) groups is 7. The van der Waals surface area contributed by atoms with E-state index in [0.717, 1.165) is 6.92 Å². The van der Waals surface area contributed by atoms with E-state index >= 15 is 0 Å². The molecular weight excluding hydrogens is 350 g/mol. The molecule has 0 aromatic carbocycles. The average molecular weight is 367 g/mol. The van der Waals surface area contributed by atoms with Gasteiger partial charge in [-0.05, 0) is 6.42 Å². The van der Waals surface area contributed by atoms with Crippen molar-refractivity contribution in [2.45, 2.75) is 32.2 Å². The molecule has 25 heavy (non-hydrogen) atoms. The molecule has 0 aromatic rings. The number of aliphatic carboxylic acids is 5. The van der Waals surface area contributed by atoms with Crippen LogP contribution in [0.3, 0.4) is 0 Å². The smallest absolute Gasteiger partial charge is 0.372 e. The highest BCUT2D eigenvalue weighted by molar-refractivity contribution is 6.35. The standard InChI is InChI=1S/C5H9NO4.C4H4O5.C3H4O3/c6-3(5(9)10)1-2-4(7)8;5-2(4(8)9)1-3(6)7;1-2(4)3(5)6/h3H,1-2,6H2,(H,7,8)(H,9,10);1H2,(H,6,7)(H,8,9);1H3,(H,5,6)/t3-;;/m0../s1. The number of carboxylic acid groups (broad SMARTS) is 5. The summed E-state index contributed by atoms with van der Waals surface area (Å²) >= 11 is 0. The molecule has 0 saturated carbocycles. The first-order chi connectivity index (χ1) is 11.2. The van der Waals surface area contributed by atoms with Crippen molar-refractivity contribution in [3.8, 4) is 0 Å². The van der Waals surface area contributed by atoms with Crippen LogP contribution in [0, 0.1) is 0 Å². The van der Waals surface area contributed by atoms with Gasteiger partial charge in [-0.2, -0.15) is 0 Å². The van der Waals surface area contributed by atoms with E-state index < -0.39 is 53.9 Å². The van der Waals surface area contributed by atoms with E-state index in [4.69, 9.17) is 31.3 Å². The van der Waals surface area contributed by atoms with Crippen LogP contribution in [0.4, 0.5) is 0 Å². The van der Waals surface area contributed by atoms with Crippen LogP contribution in [-0.2, 0) is 33.6 Å².